The number of oxime groups is 1. The van der Waals surface area contributed by atoms with Crippen LogP contribution in [0.3, 0.4) is 0 Å². The lowest BCUT2D eigenvalue weighted by Gasteiger charge is -2.36. The van der Waals surface area contributed by atoms with Gasteiger partial charge >= 0.3 is 5.97 Å². The van der Waals surface area contributed by atoms with Crippen molar-refractivity contribution >= 4 is 25.9 Å². The number of methoxy groups -OCH3 is 1. The summed E-state index contributed by atoms with van der Waals surface area (Å²) in [6, 6.07) is 6.74. The fourth-order valence-electron chi connectivity index (χ4n) is 2.15. The second kappa shape index (κ2) is 9.72. The Morgan fingerprint density at radius 3 is 2.18 bits per heavy atom. The maximum Gasteiger partial charge on any atom is 0.328 e. The standard InChI is InChI=1S/C20H32N2O5Si/c1-14(22-26-6)18(23)21-17(19(24)25-5)13-15-9-11-16(12-10-15)27-28(7,8)20(2,3)4/h9-12,17H,13H2,1-8H3,(H,21,23)/b22-14+/t17-/m0/s1. The fraction of sp³-hybridized carbons (Fsp3) is 0.550. The number of hydrogen-bond donors (Lipinski definition) is 1. The van der Waals surface area contributed by atoms with Crippen LogP contribution < -0.4 is 9.74 Å². The molecule has 0 radical (unpaired) electrons. The number of hydrogen-bond acceptors (Lipinski definition) is 6. The zero-order valence-electron chi connectivity index (χ0n) is 18.1. The molecule has 0 fully saturated rings. The zero-order chi connectivity index (χ0) is 21.5. The van der Waals surface area contributed by atoms with E-state index in [9.17, 15) is 9.59 Å². The molecule has 1 rings (SSSR count). The van der Waals surface area contributed by atoms with E-state index in [4.69, 9.17) is 9.16 Å². The Hall–Kier alpha value is -2.35. The molecule has 1 amide bonds. The van der Waals surface area contributed by atoms with E-state index >= 15 is 0 Å². The Bertz CT molecular complexity index is 708. The first kappa shape index (κ1) is 23.7. The molecule has 0 saturated heterocycles. The number of esters is 1. The van der Waals surface area contributed by atoms with Gasteiger partial charge in [-0.05, 0) is 42.8 Å². The minimum atomic E-state index is -1.92. The van der Waals surface area contributed by atoms with Crippen molar-refractivity contribution in [2.75, 3.05) is 14.2 Å². The molecule has 0 unspecified atom stereocenters. The molecule has 28 heavy (non-hydrogen) atoms. The van der Waals surface area contributed by atoms with E-state index in [2.05, 4.69) is 49.2 Å². The van der Waals surface area contributed by atoms with Gasteiger partial charge in [-0.15, -0.1) is 0 Å². The van der Waals surface area contributed by atoms with Crippen molar-refractivity contribution in [3.05, 3.63) is 29.8 Å². The van der Waals surface area contributed by atoms with Gasteiger partial charge < -0.3 is 19.3 Å². The van der Waals surface area contributed by atoms with Gasteiger partial charge in [0.05, 0.1) is 7.11 Å². The number of nitrogens with zero attached hydrogens (tertiary/aromatic N) is 1. The summed E-state index contributed by atoms with van der Waals surface area (Å²) in [6.07, 6.45) is 0.291. The molecule has 0 saturated carbocycles. The second-order valence-corrected chi connectivity index (χ2v) is 12.8. The molecule has 0 aliphatic heterocycles. The number of amides is 1. The van der Waals surface area contributed by atoms with E-state index in [1.165, 1.54) is 21.1 Å². The molecule has 0 heterocycles. The van der Waals surface area contributed by atoms with Gasteiger partial charge in [0, 0.05) is 6.42 Å². The van der Waals surface area contributed by atoms with Gasteiger partial charge in [0.2, 0.25) is 8.32 Å². The van der Waals surface area contributed by atoms with Crippen LogP contribution in [0, 0.1) is 0 Å². The van der Waals surface area contributed by atoms with Crippen LogP contribution in [-0.4, -0.2) is 46.2 Å². The molecule has 1 aromatic carbocycles. The zero-order valence-corrected chi connectivity index (χ0v) is 19.1. The summed E-state index contributed by atoms with van der Waals surface area (Å²) >= 11 is 0. The highest BCUT2D eigenvalue weighted by Crippen LogP contribution is 2.37. The third-order valence-corrected chi connectivity index (χ3v) is 9.25. The van der Waals surface area contributed by atoms with E-state index < -0.39 is 26.2 Å². The molecule has 0 aliphatic carbocycles. The predicted molar refractivity (Wildman–Crippen MR) is 112 cm³/mol. The van der Waals surface area contributed by atoms with Gasteiger partial charge in [-0.1, -0.05) is 38.1 Å². The highest BCUT2D eigenvalue weighted by atomic mass is 28.4. The Labute approximate surface area is 168 Å². The van der Waals surface area contributed by atoms with Crippen LogP contribution >= 0.6 is 0 Å². The summed E-state index contributed by atoms with van der Waals surface area (Å²) in [5.41, 5.74) is 0.995. The van der Waals surface area contributed by atoms with Crippen LogP contribution in [-0.2, 0) is 25.6 Å². The molecule has 0 spiro atoms. The highest BCUT2D eigenvalue weighted by Gasteiger charge is 2.38. The maximum atomic E-state index is 12.1. The van der Waals surface area contributed by atoms with Crippen molar-refractivity contribution in [1.82, 2.24) is 5.32 Å². The van der Waals surface area contributed by atoms with Crippen molar-refractivity contribution in [3.63, 3.8) is 0 Å². The van der Waals surface area contributed by atoms with Crippen LogP contribution in [0.1, 0.15) is 33.3 Å². The quantitative estimate of drug-likeness (QED) is 0.309. The predicted octanol–water partition coefficient (Wildman–Crippen LogP) is 3.29. The average Bonchev–Trinajstić information content (AvgIpc) is 2.60. The average molecular weight is 409 g/mol. The summed E-state index contributed by atoms with van der Waals surface area (Å²) in [6.45, 7) is 12.4. The molecule has 0 bridgehead atoms. The number of benzene rings is 1. The number of nitrogens with one attached hydrogen (secondary N) is 1. The largest absolute Gasteiger partial charge is 0.544 e. The molecule has 7 nitrogen and oxygen atoms in total. The van der Waals surface area contributed by atoms with E-state index in [0.29, 0.717) is 6.42 Å². The molecular weight excluding hydrogens is 376 g/mol. The summed E-state index contributed by atoms with van der Waals surface area (Å²) in [5, 5.41) is 6.30. The Morgan fingerprint density at radius 1 is 1.14 bits per heavy atom. The Balaban J connectivity index is 2.89. The third kappa shape index (κ3) is 6.67. The van der Waals surface area contributed by atoms with E-state index in [1.54, 1.807) is 0 Å². The molecule has 1 N–H and O–H groups in total. The fourth-order valence-corrected chi connectivity index (χ4v) is 3.19. The number of ether oxygens (including phenoxy) is 1. The lowest BCUT2D eigenvalue weighted by atomic mass is 10.1. The molecule has 1 aromatic rings. The Morgan fingerprint density at radius 2 is 1.71 bits per heavy atom. The minimum absolute atomic E-state index is 0.105. The van der Waals surface area contributed by atoms with Gasteiger partial charge in [-0.25, -0.2) is 4.79 Å². The first-order valence-electron chi connectivity index (χ1n) is 9.15. The highest BCUT2D eigenvalue weighted by molar-refractivity contribution is 6.74. The number of carbonyl (C=O) groups excluding carboxylic acids is 2. The lowest BCUT2D eigenvalue weighted by molar-refractivity contribution is -0.144. The summed E-state index contributed by atoms with van der Waals surface area (Å²) < 4.78 is 11.1. The number of carbonyl (C=O) groups is 2. The van der Waals surface area contributed by atoms with E-state index in [0.717, 1.165) is 11.3 Å². The lowest BCUT2D eigenvalue weighted by Crippen LogP contribution is -2.45. The first-order chi connectivity index (χ1) is 12.9. The minimum Gasteiger partial charge on any atom is -0.544 e. The van der Waals surface area contributed by atoms with Crippen molar-refractivity contribution in [3.8, 4) is 5.75 Å². The molecule has 8 heteroatoms. The summed E-state index contributed by atoms with van der Waals surface area (Å²) in [7, 11) is 0.717. The van der Waals surface area contributed by atoms with Gasteiger partial charge in [0.15, 0.2) is 0 Å². The Kier molecular flexibility index (Phi) is 8.23. The smallest absolute Gasteiger partial charge is 0.328 e. The topological polar surface area (TPSA) is 86.2 Å². The molecule has 156 valence electrons. The van der Waals surface area contributed by atoms with Crippen LogP contribution in [0.25, 0.3) is 0 Å². The third-order valence-electron chi connectivity index (χ3n) is 4.89. The summed E-state index contributed by atoms with van der Waals surface area (Å²) in [4.78, 5) is 28.8. The summed E-state index contributed by atoms with van der Waals surface area (Å²) in [5.74, 6) is -0.215. The van der Waals surface area contributed by atoms with Crippen LogP contribution in [0.5, 0.6) is 5.75 Å². The maximum absolute atomic E-state index is 12.1. The second-order valence-electron chi connectivity index (χ2n) is 8.12. The molecule has 0 aromatic heterocycles. The van der Waals surface area contributed by atoms with Crippen molar-refractivity contribution in [1.29, 1.82) is 0 Å². The van der Waals surface area contributed by atoms with E-state index in [1.807, 2.05) is 24.3 Å². The van der Waals surface area contributed by atoms with Crippen molar-refractivity contribution < 1.29 is 23.6 Å². The molecular formula is C20H32N2O5Si. The number of rotatable bonds is 8. The van der Waals surface area contributed by atoms with Gasteiger partial charge in [-0.2, -0.15) is 0 Å². The van der Waals surface area contributed by atoms with Crippen LogP contribution in [0.15, 0.2) is 29.4 Å². The van der Waals surface area contributed by atoms with Crippen molar-refractivity contribution in [2.45, 2.75) is 58.3 Å². The van der Waals surface area contributed by atoms with Gasteiger partial charge in [0.25, 0.3) is 5.91 Å². The van der Waals surface area contributed by atoms with Gasteiger partial charge in [-0.3, -0.25) is 4.79 Å². The van der Waals surface area contributed by atoms with E-state index in [-0.39, 0.29) is 10.7 Å². The monoisotopic (exact) mass is 408 g/mol. The normalized spacial score (nSPS) is 13.5. The molecule has 1 atom stereocenters. The van der Waals surface area contributed by atoms with Crippen molar-refractivity contribution in [2.24, 2.45) is 5.16 Å². The SMILES string of the molecule is CO/N=C(\C)C(=O)N[C@@H](Cc1ccc(O[Si](C)(C)C(C)(C)C)cc1)C(=O)OC. The molecule has 0 aliphatic rings. The van der Waals surface area contributed by atoms with Crippen LogP contribution in [0.4, 0.5) is 0 Å². The van der Waals surface area contributed by atoms with Crippen LogP contribution in [0.2, 0.25) is 18.1 Å². The first-order valence-corrected chi connectivity index (χ1v) is 12.1. The van der Waals surface area contributed by atoms with Gasteiger partial charge in [0.1, 0.15) is 24.6 Å².